The molecule has 1 fully saturated rings. The van der Waals surface area contributed by atoms with Gasteiger partial charge in [-0.15, -0.1) is 0 Å². The van der Waals surface area contributed by atoms with Crippen LogP contribution in [0.3, 0.4) is 0 Å². The summed E-state index contributed by atoms with van der Waals surface area (Å²) in [5.41, 5.74) is 3.63. The molecule has 0 atom stereocenters. The summed E-state index contributed by atoms with van der Waals surface area (Å²) in [7, 11) is 1.72. The summed E-state index contributed by atoms with van der Waals surface area (Å²) >= 11 is 0. The lowest BCUT2D eigenvalue weighted by molar-refractivity contribution is 0.104. The van der Waals surface area contributed by atoms with Gasteiger partial charge in [0.1, 0.15) is 11.9 Å². The van der Waals surface area contributed by atoms with E-state index >= 15 is 0 Å². The van der Waals surface area contributed by atoms with Crippen LogP contribution in [0.15, 0.2) is 48.5 Å². The first-order valence-electron chi connectivity index (χ1n) is 8.86. The Hall–Kier alpha value is -1.84. The molecule has 0 N–H and O–H groups in total. The van der Waals surface area contributed by atoms with Crippen molar-refractivity contribution in [2.75, 3.05) is 26.7 Å². The normalized spacial score (nSPS) is 16.2. The van der Waals surface area contributed by atoms with Crippen molar-refractivity contribution < 1.29 is 9.47 Å². The summed E-state index contributed by atoms with van der Waals surface area (Å²) in [6, 6.07) is 17.0. The first-order chi connectivity index (χ1) is 11.8. The number of nitrogens with zero attached hydrogens (tertiary/aromatic N) is 1. The third-order valence-electron chi connectivity index (χ3n) is 4.74. The molecule has 0 spiro atoms. The second-order valence-electron chi connectivity index (χ2n) is 6.41. The summed E-state index contributed by atoms with van der Waals surface area (Å²) < 4.78 is 11.3. The molecule has 0 bridgehead atoms. The van der Waals surface area contributed by atoms with E-state index in [4.69, 9.17) is 9.47 Å². The van der Waals surface area contributed by atoms with Crippen molar-refractivity contribution in [2.24, 2.45) is 0 Å². The highest BCUT2D eigenvalue weighted by molar-refractivity contribution is 5.64. The number of ether oxygens (including phenoxy) is 2. The molecule has 3 rings (SSSR count). The van der Waals surface area contributed by atoms with Crippen molar-refractivity contribution in [3.05, 3.63) is 54.1 Å². The third-order valence-corrected chi connectivity index (χ3v) is 4.74. The fourth-order valence-corrected chi connectivity index (χ4v) is 3.22. The third kappa shape index (κ3) is 4.37. The summed E-state index contributed by atoms with van der Waals surface area (Å²) in [6.07, 6.45) is 2.60. The molecule has 0 unspecified atom stereocenters. The monoisotopic (exact) mass is 325 g/mol. The van der Waals surface area contributed by atoms with Crippen molar-refractivity contribution in [3.63, 3.8) is 0 Å². The molecule has 1 aliphatic heterocycles. The van der Waals surface area contributed by atoms with Crippen LogP contribution in [0.25, 0.3) is 11.1 Å². The first kappa shape index (κ1) is 17.0. The number of piperidine rings is 1. The number of methoxy groups -OCH3 is 1. The molecule has 3 heteroatoms. The zero-order chi connectivity index (χ0) is 16.8. The minimum absolute atomic E-state index is 0.354. The molecule has 1 heterocycles. The van der Waals surface area contributed by atoms with E-state index < -0.39 is 0 Å². The average Bonchev–Trinajstić information content (AvgIpc) is 2.64. The summed E-state index contributed by atoms with van der Waals surface area (Å²) in [5.74, 6) is 0.977. The molecule has 0 aromatic heterocycles. The van der Waals surface area contributed by atoms with Gasteiger partial charge < -0.3 is 14.4 Å². The molecule has 128 valence electrons. The van der Waals surface area contributed by atoms with Crippen LogP contribution in [0.2, 0.25) is 0 Å². The highest BCUT2D eigenvalue weighted by Gasteiger charge is 2.19. The number of benzene rings is 2. The molecular formula is C21H27NO2. The van der Waals surface area contributed by atoms with Gasteiger partial charge >= 0.3 is 0 Å². The van der Waals surface area contributed by atoms with Gasteiger partial charge in [-0.2, -0.15) is 0 Å². The van der Waals surface area contributed by atoms with Crippen LogP contribution in [0.4, 0.5) is 0 Å². The largest absolute Gasteiger partial charge is 0.490 e. The molecule has 0 radical (unpaired) electrons. The van der Waals surface area contributed by atoms with Gasteiger partial charge in [-0.05, 0) is 48.2 Å². The first-order valence-corrected chi connectivity index (χ1v) is 8.86. The summed E-state index contributed by atoms with van der Waals surface area (Å²) in [4.78, 5) is 2.48. The van der Waals surface area contributed by atoms with Gasteiger partial charge in [0, 0.05) is 20.2 Å². The Bertz CT molecular complexity index is 613. The number of rotatable bonds is 6. The highest BCUT2D eigenvalue weighted by Crippen LogP contribution is 2.25. The fraction of sp³-hybridized carbons (Fsp3) is 0.429. The van der Waals surface area contributed by atoms with Crippen LogP contribution >= 0.6 is 0 Å². The van der Waals surface area contributed by atoms with Crippen LogP contribution in [0, 0.1) is 0 Å². The maximum absolute atomic E-state index is 6.15. The molecule has 0 amide bonds. The van der Waals surface area contributed by atoms with Crippen LogP contribution in [0.5, 0.6) is 5.75 Å². The molecule has 0 saturated carbocycles. The van der Waals surface area contributed by atoms with Crippen LogP contribution in [-0.2, 0) is 11.3 Å². The Morgan fingerprint density at radius 3 is 2.04 bits per heavy atom. The second kappa shape index (κ2) is 8.32. The van der Waals surface area contributed by atoms with E-state index in [9.17, 15) is 0 Å². The quantitative estimate of drug-likeness (QED) is 0.787. The molecule has 0 aliphatic carbocycles. The van der Waals surface area contributed by atoms with Gasteiger partial charge in [0.2, 0.25) is 0 Å². The molecule has 2 aromatic rings. The lowest BCUT2D eigenvalue weighted by Crippen LogP contribution is -2.37. The van der Waals surface area contributed by atoms with Gasteiger partial charge in [-0.25, -0.2) is 0 Å². The minimum atomic E-state index is 0.354. The Morgan fingerprint density at radius 1 is 0.917 bits per heavy atom. The molecule has 1 saturated heterocycles. The number of hydrogen-bond acceptors (Lipinski definition) is 3. The van der Waals surface area contributed by atoms with E-state index in [1.807, 2.05) is 0 Å². The topological polar surface area (TPSA) is 21.7 Å². The van der Waals surface area contributed by atoms with Crippen LogP contribution < -0.4 is 4.74 Å². The standard InChI is InChI=1S/C21H27NO2/c1-3-22-14-12-21(13-15-22)24-20-10-8-19(9-11-20)18-6-4-17(5-7-18)16-23-2/h4-11,21H,3,12-16H2,1-2H3. The van der Waals surface area contributed by atoms with E-state index in [-0.39, 0.29) is 0 Å². The van der Waals surface area contributed by atoms with Crippen molar-refractivity contribution in [1.29, 1.82) is 0 Å². The maximum atomic E-state index is 6.15. The van der Waals surface area contributed by atoms with E-state index in [0.717, 1.165) is 38.2 Å². The fourth-order valence-electron chi connectivity index (χ4n) is 3.22. The Morgan fingerprint density at radius 2 is 1.50 bits per heavy atom. The number of hydrogen-bond donors (Lipinski definition) is 0. The lowest BCUT2D eigenvalue weighted by atomic mass is 10.0. The molecule has 2 aromatic carbocycles. The van der Waals surface area contributed by atoms with Crippen LogP contribution in [-0.4, -0.2) is 37.7 Å². The molecule has 1 aliphatic rings. The van der Waals surface area contributed by atoms with Gasteiger partial charge in [-0.1, -0.05) is 43.3 Å². The summed E-state index contributed by atoms with van der Waals surface area (Å²) in [5, 5.41) is 0. The smallest absolute Gasteiger partial charge is 0.119 e. The Labute approximate surface area is 145 Å². The maximum Gasteiger partial charge on any atom is 0.119 e. The van der Waals surface area contributed by atoms with E-state index in [1.54, 1.807) is 7.11 Å². The zero-order valence-corrected chi connectivity index (χ0v) is 14.7. The van der Waals surface area contributed by atoms with Gasteiger partial charge in [-0.3, -0.25) is 0 Å². The minimum Gasteiger partial charge on any atom is -0.490 e. The summed E-state index contributed by atoms with van der Waals surface area (Å²) in [6.45, 7) is 6.32. The van der Waals surface area contributed by atoms with Gasteiger partial charge in [0.05, 0.1) is 6.61 Å². The molecule has 24 heavy (non-hydrogen) atoms. The number of likely N-dealkylation sites (tertiary alicyclic amines) is 1. The van der Waals surface area contributed by atoms with Gasteiger partial charge in [0.25, 0.3) is 0 Å². The van der Waals surface area contributed by atoms with Crippen LogP contribution in [0.1, 0.15) is 25.3 Å². The van der Waals surface area contributed by atoms with E-state index in [2.05, 4.69) is 60.4 Å². The molecular weight excluding hydrogens is 298 g/mol. The average molecular weight is 325 g/mol. The zero-order valence-electron chi connectivity index (χ0n) is 14.7. The predicted molar refractivity (Wildman–Crippen MR) is 98.4 cm³/mol. The Kier molecular flexibility index (Phi) is 5.89. The van der Waals surface area contributed by atoms with E-state index in [1.165, 1.54) is 16.7 Å². The van der Waals surface area contributed by atoms with Crippen molar-refractivity contribution in [3.8, 4) is 16.9 Å². The predicted octanol–water partition coefficient (Wildman–Crippen LogP) is 4.36. The second-order valence-corrected chi connectivity index (χ2v) is 6.41. The highest BCUT2D eigenvalue weighted by atomic mass is 16.5. The Balaban J connectivity index is 1.59. The van der Waals surface area contributed by atoms with Crippen molar-refractivity contribution >= 4 is 0 Å². The van der Waals surface area contributed by atoms with Crippen molar-refractivity contribution in [1.82, 2.24) is 4.90 Å². The lowest BCUT2D eigenvalue weighted by Gasteiger charge is -2.31. The SMILES string of the molecule is CCN1CCC(Oc2ccc(-c3ccc(COC)cc3)cc2)CC1. The van der Waals surface area contributed by atoms with E-state index in [0.29, 0.717) is 12.7 Å². The van der Waals surface area contributed by atoms with Gasteiger partial charge in [0.15, 0.2) is 0 Å². The van der Waals surface area contributed by atoms with Crippen molar-refractivity contribution in [2.45, 2.75) is 32.5 Å². The molecule has 3 nitrogen and oxygen atoms in total.